The van der Waals surface area contributed by atoms with E-state index in [1.807, 2.05) is 13.8 Å². The van der Waals surface area contributed by atoms with Gasteiger partial charge in [-0.2, -0.15) is 13.2 Å². The van der Waals surface area contributed by atoms with Crippen molar-refractivity contribution in [3.63, 3.8) is 0 Å². The van der Waals surface area contributed by atoms with Crippen molar-refractivity contribution in [1.29, 1.82) is 0 Å². The fraction of sp³-hybridized carbons (Fsp3) is 0.500. The highest BCUT2D eigenvalue weighted by atomic mass is 35.5. The lowest BCUT2D eigenvalue weighted by Crippen LogP contribution is -2.22. The van der Waals surface area contributed by atoms with E-state index < -0.39 is 17.8 Å². The SMILES string of the molecule is CCC(C)[C@@H](N)c1ccc(Cl)cc1C(F)(F)F.Cl. The first kappa shape index (κ1) is 17.6. The topological polar surface area (TPSA) is 26.0 Å². The van der Waals surface area contributed by atoms with Gasteiger partial charge in [0.1, 0.15) is 0 Å². The zero-order valence-corrected chi connectivity index (χ0v) is 11.7. The highest BCUT2D eigenvalue weighted by molar-refractivity contribution is 6.30. The molecule has 0 fully saturated rings. The Morgan fingerprint density at radius 1 is 1.33 bits per heavy atom. The van der Waals surface area contributed by atoms with Gasteiger partial charge in [-0.1, -0.05) is 37.9 Å². The van der Waals surface area contributed by atoms with Crippen molar-refractivity contribution >= 4 is 24.0 Å². The summed E-state index contributed by atoms with van der Waals surface area (Å²) in [6, 6.07) is 3.10. The number of nitrogens with two attached hydrogens (primary N) is 1. The molecule has 0 saturated heterocycles. The van der Waals surface area contributed by atoms with Crippen molar-refractivity contribution in [3.8, 4) is 0 Å². The number of hydrogen-bond acceptors (Lipinski definition) is 1. The molecule has 1 unspecified atom stereocenters. The van der Waals surface area contributed by atoms with Gasteiger partial charge in [-0.15, -0.1) is 12.4 Å². The Morgan fingerprint density at radius 3 is 2.33 bits per heavy atom. The zero-order chi connectivity index (χ0) is 13.2. The van der Waals surface area contributed by atoms with Gasteiger partial charge in [0.05, 0.1) is 5.56 Å². The van der Waals surface area contributed by atoms with Crippen LogP contribution in [0.3, 0.4) is 0 Å². The van der Waals surface area contributed by atoms with Gasteiger partial charge >= 0.3 is 6.18 Å². The Balaban J connectivity index is 0.00000289. The minimum Gasteiger partial charge on any atom is -0.324 e. The van der Waals surface area contributed by atoms with E-state index in [4.69, 9.17) is 17.3 Å². The molecule has 0 aromatic heterocycles. The highest BCUT2D eigenvalue weighted by Gasteiger charge is 2.35. The van der Waals surface area contributed by atoms with Gasteiger partial charge in [0, 0.05) is 11.1 Å². The maximum absolute atomic E-state index is 12.8. The summed E-state index contributed by atoms with van der Waals surface area (Å²) in [7, 11) is 0. The summed E-state index contributed by atoms with van der Waals surface area (Å²) in [6.07, 6.45) is -3.70. The predicted octanol–water partition coefficient (Wildman–Crippen LogP) is 4.83. The van der Waals surface area contributed by atoms with Crippen LogP contribution >= 0.6 is 24.0 Å². The summed E-state index contributed by atoms with van der Waals surface area (Å²) in [5.41, 5.74) is 5.22. The van der Waals surface area contributed by atoms with Crippen molar-refractivity contribution in [2.24, 2.45) is 11.7 Å². The molecular weight excluding hydrogens is 286 g/mol. The van der Waals surface area contributed by atoms with Crippen molar-refractivity contribution in [2.45, 2.75) is 32.5 Å². The van der Waals surface area contributed by atoms with Crippen molar-refractivity contribution in [2.75, 3.05) is 0 Å². The molecule has 0 heterocycles. The Bertz CT molecular complexity index is 393. The molecule has 0 spiro atoms. The number of hydrogen-bond donors (Lipinski definition) is 1. The second-order valence-corrected chi connectivity index (χ2v) is 4.58. The third-order valence-electron chi connectivity index (χ3n) is 2.94. The van der Waals surface area contributed by atoms with Crippen molar-refractivity contribution in [3.05, 3.63) is 34.3 Å². The first-order valence-electron chi connectivity index (χ1n) is 5.39. The number of alkyl halides is 3. The van der Waals surface area contributed by atoms with Crippen LogP contribution in [-0.4, -0.2) is 0 Å². The van der Waals surface area contributed by atoms with Crippen LogP contribution < -0.4 is 5.73 Å². The van der Waals surface area contributed by atoms with Crippen LogP contribution in [0.2, 0.25) is 5.02 Å². The lowest BCUT2D eigenvalue weighted by Gasteiger charge is -2.23. The van der Waals surface area contributed by atoms with Gasteiger partial charge < -0.3 is 5.73 Å². The Morgan fingerprint density at radius 2 is 1.89 bits per heavy atom. The largest absolute Gasteiger partial charge is 0.416 e. The van der Waals surface area contributed by atoms with Gasteiger partial charge in [-0.3, -0.25) is 0 Å². The second kappa shape index (κ2) is 6.64. The lowest BCUT2D eigenvalue weighted by molar-refractivity contribution is -0.138. The summed E-state index contributed by atoms with van der Waals surface area (Å²) in [5.74, 6) is -0.0164. The van der Waals surface area contributed by atoms with Gasteiger partial charge in [-0.05, 0) is 23.6 Å². The van der Waals surface area contributed by atoms with Crippen molar-refractivity contribution < 1.29 is 13.2 Å². The molecule has 6 heteroatoms. The minimum atomic E-state index is -4.43. The molecule has 18 heavy (non-hydrogen) atoms. The summed E-state index contributed by atoms with van der Waals surface area (Å²) in [6.45, 7) is 3.73. The summed E-state index contributed by atoms with van der Waals surface area (Å²) in [5, 5.41) is 0.0671. The third kappa shape index (κ3) is 4.04. The zero-order valence-electron chi connectivity index (χ0n) is 10.1. The van der Waals surface area contributed by atoms with Crippen LogP contribution in [0.4, 0.5) is 13.2 Å². The van der Waals surface area contributed by atoms with E-state index in [1.165, 1.54) is 12.1 Å². The third-order valence-corrected chi connectivity index (χ3v) is 3.17. The lowest BCUT2D eigenvalue weighted by atomic mass is 9.90. The first-order chi connectivity index (χ1) is 7.77. The van der Waals surface area contributed by atoms with Crippen LogP contribution in [0.1, 0.15) is 37.4 Å². The van der Waals surface area contributed by atoms with E-state index in [0.29, 0.717) is 0 Å². The molecule has 1 rings (SSSR count). The van der Waals surface area contributed by atoms with Crippen LogP contribution in [0, 0.1) is 5.92 Å². The molecule has 0 amide bonds. The highest BCUT2D eigenvalue weighted by Crippen LogP contribution is 2.37. The molecule has 1 aromatic rings. The molecule has 0 saturated carbocycles. The van der Waals surface area contributed by atoms with Crippen LogP contribution in [-0.2, 0) is 6.18 Å². The standard InChI is InChI=1S/C12H15ClF3N.ClH/c1-3-7(2)11(17)9-5-4-8(13)6-10(9)12(14,15)16;/h4-7,11H,3,17H2,1-2H3;1H/t7?,11-;/m1./s1. The van der Waals surface area contributed by atoms with E-state index in [-0.39, 0.29) is 28.9 Å². The minimum absolute atomic E-state index is 0. The summed E-state index contributed by atoms with van der Waals surface area (Å²) >= 11 is 5.60. The maximum Gasteiger partial charge on any atom is 0.416 e. The van der Waals surface area contributed by atoms with Gasteiger partial charge in [0.15, 0.2) is 0 Å². The molecule has 104 valence electrons. The van der Waals surface area contributed by atoms with E-state index in [2.05, 4.69) is 0 Å². The van der Waals surface area contributed by atoms with E-state index in [9.17, 15) is 13.2 Å². The van der Waals surface area contributed by atoms with Crippen molar-refractivity contribution in [1.82, 2.24) is 0 Å². The molecule has 0 aliphatic heterocycles. The smallest absolute Gasteiger partial charge is 0.324 e. The predicted molar refractivity (Wildman–Crippen MR) is 70.1 cm³/mol. The molecule has 0 aliphatic rings. The fourth-order valence-corrected chi connectivity index (χ4v) is 1.80. The normalized spacial score (nSPS) is 14.8. The molecule has 0 radical (unpaired) electrons. The quantitative estimate of drug-likeness (QED) is 0.850. The Kier molecular flexibility index (Phi) is 6.47. The Labute approximate surface area is 116 Å². The molecule has 2 atom stereocenters. The number of rotatable bonds is 3. The second-order valence-electron chi connectivity index (χ2n) is 4.14. The van der Waals surface area contributed by atoms with Gasteiger partial charge in [-0.25, -0.2) is 0 Å². The van der Waals surface area contributed by atoms with Crippen LogP contribution in [0.15, 0.2) is 18.2 Å². The average Bonchev–Trinajstić information content (AvgIpc) is 2.25. The summed E-state index contributed by atoms with van der Waals surface area (Å²) in [4.78, 5) is 0. The van der Waals surface area contributed by atoms with E-state index >= 15 is 0 Å². The average molecular weight is 302 g/mol. The Hall–Kier alpha value is -0.450. The van der Waals surface area contributed by atoms with E-state index in [0.717, 1.165) is 12.5 Å². The monoisotopic (exact) mass is 301 g/mol. The van der Waals surface area contributed by atoms with Crippen LogP contribution in [0.5, 0.6) is 0 Å². The first-order valence-corrected chi connectivity index (χ1v) is 5.77. The molecule has 0 aliphatic carbocycles. The van der Waals surface area contributed by atoms with E-state index in [1.54, 1.807) is 0 Å². The number of benzene rings is 1. The van der Waals surface area contributed by atoms with Crippen LogP contribution in [0.25, 0.3) is 0 Å². The summed E-state index contributed by atoms with van der Waals surface area (Å²) < 4.78 is 38.5. The molecule has 1 nitrogen and oxygen atoms in total. The fourth-order valence-electron chi connectivity index (χ4n) is 1.63. The molecule has 1 aromatic carbocycles. The molecule has 0 bridgehead atoms. The molecular formula is C12H16Cl2F3N. The van der Waals surface area contributed by atoms with Gasteiger partial charge in [0.2, 0.25) is 0 Å². The molecule has 2 N–H and O–H groups in total. The maximum atomic E-state index is 12.8. The van der Waals surface area contributed by atoms with Gasteiger partial charge in [0.25, 0.3) is 0 Å². The number of halogens is 5.